The van der Waals surface area contributed by atoms with E-state index in [1.807, 2.05) is 24.3 Å². The van der Waals surface area contributed by atoms with Gasteiger partial charge < -0.3 is 21.8 Å². The number of anilines is 3. The Morgan fingerprint density at radius 2 is 1.72 bits per heavy atom. The molecule has 152 valence electrons. The van der Waals surface area contributed by atoms with Gasteiger partial charge in [-0.25, -0.2) is 13.8 Å². The van der Waals surface area contributed by atoms with Crippen LogP contribution in [0.4, 0.5) is 25.3 Å². The Kier molecular flexibility index (Phi) is 6.28. The molecule has 1 heterocycles. The van der Waals surface area contributed by atoms with E-state index in [4.69, 9.17) is 11.6 Å². The van der Waals surface area contributed by atoms with E-state index in [9.17, 15) is 8.78 Å². The number of nitrogens with zero attached hydrogens (tertiary/aromatic N) is 3. The molecular formula is C20H22F2N6S. The maximum absolute atomic E-state index is 14.0. The zero-order valence-electron chi connectivity index (χ0n) is 16.1. The molecule has 5 N–H and O–H groups in total. The number of hydrazone groups is 1. The average Bonchev–Trinajstić information content (AvgIpc) is 3.16. The van der Waals surface area contributed by atoms with Gasteiger partial charge in [0.25, 0.3) is 0 Å². The number of hydrogen-bond donors (Lipinski definition) is 3. The summed E-state index contributed by atoms with van der Waals surface area (Å²) in [6, 6.07) is 11.5. The lowest BCUT2D eigenvalue weighted by Gasteiger charge is -2.21. The number of para-hydroxylation sites is 1. The first-order valence-electron chi connectivity index (χ1n) is 9.09. The minimum Gasteiger partial charge on any atom is -0.381 e. The Balaban J connectivity index is 2.00. The van der Waals surface area contributed by atoms with Crippen LogP contribution in [0.3, 0.4) is 0 Å². The molecule has 0 aliphatic carbocycles. The summed E-state index contributed by atoms with van der Waals surface area (Å²) >= 11 is 1.12. The minimum absolute atomic E-state index is 0.0902. The van der Waals surface area contributed by atoms with Crippen LogP contribution in [-0.4, -0.2) is 23.9 Å². The highest BCUT2D eigenvalue weighted by Gasteiger charge is 2.19. The third kappa shape index (κ3) is 4.29. The van der Waals surface area contributed by atoms with E-state index in [2.05, 4.69) is 34.1 Å². The third-order valence-corrected chi connectivity index (χ3v) is 5.46. The lowest BCUT2D eigenvalue weighted by atomic mass is 10.1. The smallest absolute Gasteiger partial charge is 0.188 e. The van der Waals surface area contributed by atoms with Crippen LogP contribution in [0.2, 0.25) is 0 Å². The Hall–Kier alpha value is -3.20. The first-order valence-corrected chi connectivity index (χ1v) is 9.91. The van der Waals surface area contributed by atoms with Gasteiger partial charge in [0.1, 0.15) is 22.2 Å². The van der Waals surface area contributed by atoms with Crippen molar-refractivity contribution in [3.63, 3.8) is 0 Å². The number of rotatable bonds is 7. The summed E-state index contributed by atoms with van der Waals surface area (Å²) in [7, 11) is 0. The molecule has 0 bridgehead atoms. The molecule has 0 fully saturated rings. The van der Waals surface area contributed by atoms with Crippen LogP contribution in [0.1, 0.15) is 18.7 Å². The highest BCUT2D eigenvalue weighted by molar-refractivity contribution is 7.18. The van der Waals surface area contributed by atoms with Crippen molar-refractivity contribution in [3.8, 4) is 11.3 Å². The van der Waals surface area contributed by atoms with E-state index in [-0.39, 0.29) is 16.7 Å². The summed E-state index contributed by atoms with van der Waals surface area (Å²) < 4.78 is 28.0. The van der Waals surface area contributed by atoms with Gasteiger partial charge in [0.2, 0.25) is 0 Å². The number of benzene rings is 2. The maximum atomic E-state index is 14.0. The van der Waals surface area contributed by atoms with Gasteiger partial charge >= 0.3 is 0 Å². The predicted octanol–water partition coefficient (Wildman–Crippen LogP) is 4.26. The maximum Gasteiger partial charge on any atom is 0.188 e. The molecular weight excluding hydrogens is 394 g/mol. The Morgan fingerprint density at radius 1 is 1.10 bits per heavy atom. The largest absolute Gasteiger partial charge is 0.381 e. The van der Waals surface area contributed by atoms with Gasteiger partial charge in [-0.2, -0.15) is 5.10 Å². The molecule has 3 rings (SSSR count). The van der Waals surface area contributed by atoms with Crippen molar-refractivity contribution in [1.82, 2.24) is 4.98 Å². The van der Waals surface area contributed by atoms with Crippen LogP contribution in [0.5, 0.6) is 0 Å². The second-order valence-electron chi connectivity index (χ2n) is 6.15. The fraction of sp³-hybridized carbons (Fsp3) is 0.200. The van der Waals surface area contributed by atoms with E-state index >= 15 is 0 Å². The van der Waals surface area contributed by atoms with E-state index in [1.165, 1.54) is 18.2 Å². The fourth-order valence-corrected chi connectivity index (χ4v) is 3.85. The van der Waals surface area contributed by atoms with Gasteiger partial charge in [-0.15, -0.1) is 0 Å². The second-order valence-corrected chi connectivity index (χ2v) is 7.15. The lowest BCUT2D eigenvalue weighted by Crippen LogP contribution is -2.21. The summed E-state index contributed by atoms with van der Waals surface area (Å²) in [6.45, 7) is 5.97. The summed E-state index contributed by atoms with van der Waals surface area (Å²) in [4.78, 5) is 7.22. The molecule has 1 aromatic heterocycles. The first-order chi connectivity index (χ1) is 14.0. The molecule has 2 aromatic carbocycles. The molecule has 0 unspecified atom stereocenters. The van der Waals surface area contributed by atoms with Crippen LogP contribution >= 0.6 is 11.3 Å². The summed E-state index contributed by atoms with van der Waals surface area (Å²) in [5.41, 5.74) is 8.07. The van der Waals surface area contributed by atoms with Crippen molar-refractivity contribution >= 4 is 33.7 Å². The number of hydrogen-bond acceptors (Lipinski definition) is 6. The fourth-order valence-electron chi connectivity index (χ4n) is 2.94. The number of halogens is 2. The zero-order chi connectivity index (χ0) is 21.0. The molecule has 0 amide bonds. The molecule has 0 spiro atoms. The van der Waals surface area contributed by atoms with Gasteiger partial charge in [0.05, 0.1) is 5.69 Å². The molecule has 0 radical (unpaired) electrons. The van der Waals surface area contributed by atoms with Crippen LogP contribution in [0.15, 0.2) is 47.6 Å². The molecule has 0 aliphatic heterocycles. The summed E-state index contributed by atoms with van der Waals surface area (Å²) in [5.74, 6) is 4.02. The monoisotopic (exact) mass is 416 g/mol. The Labute approximate surface area is 171 Å². The van der Waals surface area contributed by atoms with Crippen molar-refractivity contribution in [2.24, 2.45) is 16.7 Å². The van der Waals surface area contributed by atoms with Crippen molar-refractivity contribution in [1.29, 1.82) is 0 Å². The van der Waals surface area contributed by atoms with Crippen LogP contribution < -0.4 is 21.8 Å². The topological polar surface area (TPSA) is 92.6 Å². The number of thiazole rings is 1. The Morgan fingerprint density at radius 3 is 2.28 bits per heavy atom. The van der Waals surface area contributed by atoms with Crippen LogP contribution in [-0.2, 0) is 0 Å². The van der Waals surface area contributed by atoms with E-state index < -0.39 is 11.6 Å². The zero-order valence-corrected chi connectivity index (χ0v) is 16.9. The highest BCUT2D eigenvalue weighted by atomic mass is 32.1. The van der Waals surface area contributed by atoms with Crippen molar-refractivity contribution in [2.75, 3.05) is 23.3 Å². The molecule has 9 heteroatoms. The number of nitrogens with two attached hydrogens (primary N) is 2. The Bertz CT molecular complexity index is 992. The van der Waals surface area contributed by atoms with Crippen LogP contribution in [0, 0.1) is 11.6 Å². The highest BCUT2D eigenvalue weighted by Crippen LogP contribution is 2.34. The summed E-state index contributed by atoms with van der Waals surface area (Å²) in [5, 5.41) is 6.53. The molecule has 3 aromatic rings. The molecule has 29 heavy (non-hydrogen) atoms. The lowest BCUT2D eigenvalue weighted by molar-refractivity contribution is 0.591. The molecule has 0 saturated heterocycles. The average molecular weight is 417 g/mol. The number of nitrogens with one attached hydrogen (secondary N) is 1. The van der Waals surface area contributed by atoms with E-state index in [1.54, 1.807) is 0 Å². The first kappa shape index (κ1) is 20.5. The number of amidine groups is 1. The predicted molar refractivity (Wildman–Crippen MR) is 116 cm³/mol. The third-order valence-electron chi connectivity index (χ3n) is 4.46. The van der Waals surface area contributed by atoms with Gasteiger partial charge in [-0.3, -0.25) is 0 Å². The minimum atomic E-state index is -0.715. The van der Waals surface area contributed by atoms with Crippen LogP contribution in [0.25, 0.3) is 11.3 Å². The van der Waals surface area contributed by atoms with Gasteiger partial charge in [-0.1, -0.05) is 29.5 Å². The van der Waals surface area contributed by atoms with E-state index in [0.717, 1.165) is 35.7 Å². The molecule has 0 atom stereocenters. The van der Waals surface area contributed by atoms with E-state index in [0.29, 0.717) is 10.6 Å². The normalized spacial score (nSPS) is 11.5. The van der Waals surface area contributed by atoms with Crippen molar-refractivity contribution in [2.45, 2.75) is 13.8 Å². The van der Waals surface area contributed by atoms with Gasteiger partial charge in [0, 0.05) is 24.3 Å². The quantitative estimate of drug-likeness (QED) is 0.232. The van der Waals surface area contributed by atoms with Crippen molar-refractivity contribution < 1.29 is 8.78 Å². The van der Waals surface area contributed by atoms with Crippen molar-refractivity contribution in [3.05, 3.63) is 59.0 Å². The molecule has 0 saturated carbocycles. The SMILES string of the molecule is CCN(CC)c1ccc(-c2nc(Nc3c(F)cccc3F)sc2/C(N)=N/N)cc1. The molecule has 6 nitrogen and oxygen atoms in total. The number of aromatic nitrogens is 1. The second kappa shape index (κ2) is 8.87. The van der Waals surface area contributed by atoms with Gasteiger partial charge in [-0.05, 0) is 38.1 Å². The molecule has 0 aliphatic rings. The summed E-state index contributed by atoms with van der Waals surface area (Å²) in [6.07, 6.45) is 0. The van der Waals surface area contributed by atoms with Gasteiger partial charge in [0.15, 0.2) is 11.0 Å². The standard InChI is InChI=1S/C20H22F2N6S/c1-3-28(4-2)13-10-8-12(9-11-13)16-18(19(23)27-24)29-20(25-16)26-17-14(21)6-5-7-15(17)22/h5-11H,3-4,24H2,1-2H3,(H2,23,27)(H,25,26).